The molecule has 2 N–H and O–H groups in total. The highest BCUT2D eigenvalue weighted by Gasteiger charge is 2.30. The fraction of sp³-hybridized carbons (Fsp3) is 0.333. The fourth-order valence-corrected chi connectivity index (χ4v) is 2.03. The molecule has 5 nitrogen and oxygen atoms in total. The second kappa shape index (κ2) is 6.41. The lowest BCUT2D eigenvalue weighted by molar-refractivity contribution is -0.137. The van der Waals surface area contributed by atoms with Crippen molar-refractivity contribution in [2.45, 2.75) is 32.7 Å². The van der Waals surface area contributed by atoms with Gasteiger partial charge in [-0.3, -0.25) is 4.79 Å². The van der Waals surface area contributed by atoms with Gasteiger partial charge in [0.1, 0.15) is 5.76 Å². The van der Waals surface area contributed by atoms with Gasteiger partial charge in [0.2, 0.25) is 0 Å². The molecule has 0 bridgehead atoms. The average molecular weight is 328 g/mol. The van der Waals surface area contributed by atoms with Gasteiger partial charge in [-0.15, -0.1) is 0 Å². The van der Waals surface area contributed by atoms with Gasteiger partial charge in [0.05, 0.1) is 11.3 Å². The zero-order chi connectivity index (χ0) is 17.2. The maximum atomic E-state index is 12.5. The monoisotopic (exact) mass is 328 g/mol. The number of carbonyl (C=O) groups is 1. The quantitative estimate of drug-likeness (QED) is 0.905. The van der Waals surface area contributed by atoms with Crippen LogP contribution in [0.25, 0.3) is 0 Å². The van der Waals surface area contributed by atoms with Gasteiger partial charge in [0.15, 0.2) is 6.10 Å². The van der Waals surface area contributed by atoms with Gasteiger partial charge in [-0.25, -0.2) is 0 Å². The summed E-state index contributed by atoms with van der Waals surface area (Å²) >= 11 is 0. The number of rotatable bonds is 4. The van der Waals surface area contributed by atoms with Crippen LogP contribution in [-0.2, 0) is 17.5 Å². The molecule has 124 valence electrons. The van der Waals surface area contributed by atoms with Gasteiger partial charge in [0.25, 0.3) is 5.91 Å². The number of nitrogens with one attached hydrogen (secondary N) is 1. The normalized spacial score (nSPS) is 13.0. The molecule has 1 heterocycles. The Morgan fingerprint density at radius 3 is 2.39 bits per heavy atom. The maximum Gasteiger partial charge on any atom is 0.416 e. The van der Waals surface area contributed by atoms with Crippen molar-refractivity contribution in [3.05, 3.63) is 52.4 Å². The third kappa shape index (κ3) is 3.89. The Bertz CT molecular complexity index is 673. The molecule has 0 saturated carbocycles. The summed E-state index contributed by atoms with van der Waals surface area (Å²) in [6.45, 7) is 3.51. The van der Waals surface area contributed by atoms with E-state index in [4.69, 9.17) is 4.52 Å². The number of aryl methyl sites for hydroxylation is 2. The Hall–Kier alpha value is -2.35. The van der Waals surface area contributed by atoms with Gasteiger partial charge in [0, 0.05) is 12.1 Å². The summed E-state index contributed by atoms with van der Waals surface area (Å²) in [6, 6.07) is 3.78. The molecule has 0 aliphatic rings. The van der Waals surface area contributed by atoms with Crippen molar-refractivity contribution in [1.29, 1.82) is 0 Å². The van der Waals surface area contributed by atoms with Gasteiger partial charge in [-0.1, -0.05) is 17.3 Å². The molecule has 1 aromatic carbocycles. The van der Waals surface area contributed by atoms with Crippen molar-refractivity contribution in [3.8, 4) is 0 Å². The van der Waals surface area contributed by atoms with E-state index in [0.29, 0.717) is 17.0 Å². The first-order chi connectivity index (χ1) is 10.7. The van der Waals surface area contributed by atoms with E-state index in [2.05, 4.69) is 10.5 Å². The van der Waals surface area contributed by atoms with Crippen LogP contribution >= 0.6 is 0 Å². The second-order valence-electron chi connectivity index (χ2n) is 5.04. The lowest BCUT2D eigenvalue weighted by Crippen LogP contribution is -2.29. The molecule has 0 aliphatic heterocycles. The Balaban J connectivity index is 2.02. The molecule has 1 atom stereocenters. The molecular weight excluding hydrogens is 313 g/mol. The smallest absolute Gasteiger partial charge is 0.378 e. The minimum absolute atomic E-state index is 0.0780. The molecule has 0 saturated heterocycles. The summed E-state index contributed by atoms with van der Waals surface area (Å²) < 4.78 is 42.4. The first-order valence-corrected chi connectivity index (χ1v) is 6.75. The highest BCUT2D eigenvalue weighted by atomic mass is 19.4. The standard InChI is InChI=1S/C15H15F3N2O3/c1-8-12(9(2)23-20-8)7-19-14(22)13(21)10-3-5-11(6-4-10)15(16,17)18/h3-6,13,21H,7H2,1-2H3,(H,19,22)/t13-/m0/s1. The van der Waals surface area contributed by atoms with Crippen LogP contribution in [0.5, 0.6) is 0 Å². The van der Waals surface area contributed by atoms with Crippen LogP contribution in [0.4, 0.5) is 13.2 Å². The number of aliphatic hydroxyl groups is 1. The number of benzene rings is 1. The van der Waals surface area contributed by atoms with E-state index >= 15 is 0 Å². The number of halogens is 3. The van der Waals surface area contributed by atoms with Crippen molar-refractivity contribution in [2.75, 3.05) is 0 Å². The average Bonchev–Trinajstić information content (AvgIpc) is 2.82. The van der Waals surface area contributed by atoms with Gasteiger partial charge < -0.3 is 14.9 Å². The highest BCUT2D eigenvalue weighted by molar-refractivity contribution is 5.81. The van der Waals surface area contributed by atoms with E-state index in [0.717, 1.165) is 24.3 Å². The first-order valence-electron chi connectivity index (χ1n) is 6.75. The molecular formula is C15H15F3N2O3. The van der Waals surface area contributed by atoms with Crippen molar-refractivity contribution >= 4 is 5.91 Å². The van der Waals surface area contributed by atoms with Crippen molar-refractivity contribution in [2.24, 2.45) is 0 Å². The first kappa shape index (κ1) is 17.0. The van der Waals surface area contributed by atoms with Gasteiger partial charge >= 0.3 is 6.18 Å². The van der Waals surface area contributed by atoms with Crippen LogP contribution in [-0.4, -0.2) is 16.2 Å². The minimum Gasteiger partial charge on any atom is -0.378 e. The van der Waals surface area contributed by atoms with E-state index < -0.39 is 23.8 Å². The number of aromatic nitrogens is 1. The number of hydrogen-bond donors (Lipinski definition) is 2. The molecule has 1 aromatic heterocycles. The van der Waals surface area contributed by atoms with Crippen LogP contribution in [0.3, 0.4) is 0 Å². The van der Waals surface area contributed by atoms with E-state index in [1.165, 1.54) is 0 Å². The molecule has 2 rings (SSSR count). The summed E-state index contributed by atoms with van der Waals surface area (Å²) in [5.41, 5.74) is 0.545. The predicted molar refractivity (Wildman–Crippen MR) is 74.2 cm³/mol. The minimum atomic E-state index is -4.46. The van der Waals surface area contributed by atoms with E-state index in [9.17, 15) is 23.1 Å². The van der Waals surface area contributed by atoms with Crippen LogP contribution in [0.1, 0.15) is 34.2 Å². The number of alkyl halides is 3. The van der Waals surface area contributed by atoms with Crippen LogP contribution < -0.4 is 5.32 Å². The summed E-state index contributed by atoms with van der Waals surface area (Å²) in [5.74, 6) is -0.170. The topological polar surface area (TPSA) is 75.4 Å². The summed E-state index contributed by atoms with van der Waals surface area (Å²) in [5, 5.41) is 16.2. The number of amides is 1. The Kier molecular flexibility index (Phi) is 4.74. The van der Waals surface area contributed by atoms with Crippen LogP contribution in [0.15, 0.2) is 28.8 Å². The maximum absolute atomic E-state index is 12.5. The Labute approximate surface area is 130 Å². The SMILES string of the molecule is Cc1noc(C)c1CNC(=O)[C@@H](O)c1ccc(C(F)(F)F)cc1. The number of nitrogens with zero attached hydrogens (tertiary/aromatic N) is 1. The van der Waals surface area contributed by atoms with E-state index in [1.807, 2.05) is 0 Å². The molecule has 0 aliphatic carbocycles. The third-order valence-electron chi connectivity index (χ3n) is 3.42. The summed E-state index contributed by atoms with van der Waals surface area (Å²) in [6.07, 6.45) is -6.02. The van der Waals surface area contributed by atoms with Crippen molar-refractivity contribution in [3.63, 3.8) is 0 Å². The number of hydrogen-bond acceptors (Lipinski definition) is 4. The number of aliphatic hydroxyl groups excluding tert-OH is 1. The van der Waals surface area contributed by atoms with Gasteiger partial charge in [-0.2, -0.15) is 13.2 Å². The highest BCUT2D eigenvalue weighted by Crippen LogP contribution is 2.30. The third-order valence-corrected chi connectivity index (χ3v) is 3.42. The zero-order valence-electron chi connectivity index (χ0n) is 12.4. The van der Waals surface area contributed by atoms with E-state index in [1.54, 1.807) is 13.8 Å². The second-order valence-corrected chi connectivity index (χ2v) is 5.04. The molecule has 8 heteroatoms. The lowest BCUT2D eigenvalue weighted by atomic mass is 10.1. The summed E-state index contributed by atoms with van der Waals surface area (Å²) in [4.78, 5) is 11.9. The molecule has 23 heavy (non-hydrogen) atoms. The largest absolute Gasteiger partial charge is 0.416 e. The zero-order valence-corrected chi connectivity index (χ0v) is 12.4. The van der Waals surface area contributed by atoms with E-state index in [-0.39, 0.29) is 12.1 Å². The molecule has 0 spiro atoms. The van der Waals surface area contributed by atoms with Gasteiger partial charge in [-0.05, 0) is 31.5 Å². The van der Waals surface area contributed by atoms with Crippen LogP contribution in [0, 0.1) is 13.8 Å². The molecule has 2 aromatic rings. The fourth-order valence-electron chi connectivity index (χ4n) is 2.03. The lowest BCUT2D eigenvalue weighted by Gasteiger charge is -2.13. The summed E-state index contributed by atoms with van der Waals surface area (Å²) in [7, 11) is 0. The molecule has 0 unspecified atom stereocenters. The Morgan fingerprint density at radius 2 is 1.91 bits per heavy atom. The number of carbonyl (C=O) groups excluding carboxylic acids is 1. The van der Waals surface area contributed by atoms with Crippen molar-refractivity contribution in [1.82, 2.24) is 10.5 Å². The Morgan fingerprint density at radius 1 is 1.30 bits per heavy atom. The predicted octanol–water partition coefficient (Wildman–Crippen LogP) is 2.66. The molecule has 1 amide bonds. The molecule has 0 radical (unpaired) electrons. The van der Waals surface area contributed by atoms with Crippen LogP contribution in [0.2, 0.25) is 0 Å². The van der Waals surface area contributed by atoms with Crippen molar-refractivity contribution < 1.29 is 27.6 Å². The molecule has 0 fully saturated rings.